The molecule has 16 rings (SSSR count). The van der Waals surface area contributed by atoms with Crippen molar-refractivity contribution in [2.75, 3.05) is 4.90 Å². The van der Waals surface area contributed by atoms with Gasteiger partial charge in [-0.15, -0.1) is 0 Å². The van der Waals surface area contributed by atoms with Crippen molar-refractivity contribution in [3.63, 3.8) is 0 Å². The van der Waals surface area contributed by atoms with Gasteiger partial charge < -0.3 is 14.4 Å². The van der Waals surface area contributed by atoms with Gasteiger partial charge in [0.1, 0.15) is 23.0 Å². The molecule has 4 aliphatic rings. The topological polar surface area (TPSA) is 21.7 Å². The first-order chi connectivity index (χ1) is 37.2. The summed E-state index contributed by atoms with van der Waals surface area (Å²) in [5.74, 6) is 3.52. The lowest BCUT2D eigenvalue weighted by atomic mass is 9.65. The van der Waals surface area contributed by atoms with Crippen LogP contribution in [0.1, 0.15) is 44.5 Å². The normalized spacial score (nSPS) is 14.0. The van der Waals surface area contributed by atoms with Gasteiger partial charge >= 0.3 is 0 Å². The fraction of sp³-hybridized carbons (Fsp3) is 0.0278. The van der Waals surface area contributed by atoms with Crippen LogP contribution in [0.15, 0.2) is 273 Å². The van der Waals surface area contributed by atoms with E-state index in [4.69, 9.17) is 9.47 Å². The van der Waals surface area contributed by atoms with Gasteiger partial charge in [0, 0.05) is 38.9 Å². The molecule has 0 saturated heterocycles. The zero-order chi connectivity index (χ0) is 49.2. The van der Waals surface area contributed by atoms with Crippen LogP contribution in [0.2, 0.25) is 0 Å². The first-order valence-corrected chi connectivity index (χ1v) is 25.9. The van der Waals surface area contributed by atoms with Gasteiger partial charge in [-0.05, 0) is 115 Å². The molecule has 0 radical (unpaired) electrons. The number of hydrogen-bond acceptors (Lipinski definition) is 3. The first-order valence-electron chi connectivity index (χ1n) is 25.9. The molecule has 2 spiro atoms. The number of hydrogen-bond donors (Lipinski definition) is 0. The van der Waals surface area contributed by atoms with Crippen LogP contribution in [-0.4, -0.2) is 0 Å². The van der Waals surface area contributed by atoms with E-state index in [0.717, 1.165) is 73.3 Å². The maximum atomic E-state index is 6.80. The Balaban J connectivity index is 0.966. The third kappa shape index (κ3) is 5.70. The molecule has 12 aromatic carbocycles. The Morgan fingerprint density at radius 1 is 0.253 bits per heavy atom. The molecule has 0 saturated carbocycles. The maximum Gasteiger partial charge on any atom is 0.132 e. The van der Waals surface area contributed by atoms with Gasteiger partial charge in [-0.25, -0.2) is 0 Å². The molecule has 0 N–H and O–H groups in total. The van der Waals surface area contributed by atoms with E-state index in [9.17, 15) is 0 Å². The minimum absolute atomic E-state index is 0.629. The van der Waals surface area contributed by atoms with Crippen LogP contribution in [-0.2, 0) is 10.8 Å². The summed E-state index contributed by atoms with van der Waals surface area (Å²) >= 11 is 0. The highest BCUT2D eigenvalue weighted by atomic mass is 16.5. The second-order valence-electron chi connectivity index (χ2n) is 20.2. The van der Waals surface area contributed by atoms with Gasteiger partial charge in [-0.2, -0.15) is 0 Å². The highest BCUT2D eigenvalue weighted by Gasteiger charge is 2.54. The predicted octanol–water partition coefficient (Wildman–Crippen LogP) is 18.6. The van der Waals surface area contributed by atoms with Crippen molar-refractivity contribution in [3.8, 4) is 67.5 Å². The van der Waals surface area contributed by atoms with Gasteiger partial charge in [0.15, 0.2) is 0 Å². The molecular weight excluding hydrogens is 911 g/mol. The second-order valence-corrected chi connectivity index (χ2v) is 20.2. The lowest BCUT2D eigenvalue weighted by Crippen LogP contribution is -2.32. The third-order valence-electron chi connectivity index (χ3n) is 16.6. The largest absolute Gasteiger partial charge is 0.457 e. The van der Waals surface area contributed by atoms with Crippen molar-refractivity contribution in [3.05, 3.63) is 317 Å². The minimum Gasteiger partial charge on any atom is -0.457 e. The Labute approximate surface area is 435 Å². The average Bonchev–Trinajstić information content (AvgIpc) is 4.18. The summed E-state index contributed by atoms with van der Waals surface area (Å²) in [5.41, 5.74) is 21.2. The van der Waals surface area contributed by atoms with Crippen molar-refractivity contribution >= 4 is 27.8 Å². The summed E-state index contributed by atoms with van der Waals surface area (Å²) in [7, 11) is 0. The number of nitrogens with zero attached hydrogens (tertiary/aromatic N) is 1. The van der Waals surface area contributed by atoms with Crippen LogP contribution in [0, 0.1) is 0 Å². The molecule has 0 unspecified atom stereocenters. The zero-order valence-corrected chi connectivity index (χ0v) is 40.7. The van der Waals surface area contributed by atoms with Gasteiger partial charge in [0.05, 0.1) is 22.2 Å². The number of fused-ring (bicyclic) bond motifs is 20. The Morgan fingerprint density at radius 3 is 1.27 bits per heavy atom. The number of anilines is 3. The summed E-state index contributed by atoms with van der Waals surface area (Å²) in [6, 6.07) is 100.0. The maximum absolute atomic E-state index is 6.80. The molecule has 12 aromatic rings. The van der Waals surface area contributed by atoms with Crippen molar-refractivity contribution in [2.24, 2.45) is 0 Å². The average molecular weight is 956 g/mol. The van der Waals surface area contributed by atoms with E-state index >= 15 is 0 Å². The summed E-state index contributed by atoms with van der Waals surface area (Å²) in [6.07, 6.45) is 0. The third-order valence-corrected chi connectivity index (χ3v) is 16.6. The molecular formula is C72H45NO2. The Kier molecular flexibility index (Phi) is 8.88. The van der Waals surface area contributed by atoms with Crippen LogP contribution in [0.3, 0.4) is 0 Å². The van der Waals surface area contributed by atoms with Gasteiger partial charge in [-0.3, -0.25) is 0 Å². The standard InChI is InChI=1S/C72H45NO2/c1-2-18-46(19-3-1)47-36-38-48(39-37-47)49-40-42-50(43-41-49)73(64-31-17-29-62-69(64)55-21-5-7-24-57(55)71(62)58-25-8-12-32-65(58)74-66-33-13-9-26-59(66)71)63-30-16-22-53-52(63)44-45-54-51-20-4-6-23-56(51)72(70(53)54)60-27-10-14-34-67(60)75-68-35-15-11-28-61(68)72/h1-45H. The number of rotatable bonds is 5. The Morgan fingerprint density at radius 2 is 0.680 bits per heavy atom. The second kappa shape index (κ2) is 15.9. The van der Waals surface area contributed by atoms with E-state index in [-0.39, 0.29) is 0 Å². The van der Waals surface area contributed by atoms with Gasteiger partial charge in [0.25, 0.3) is 0 Å². The molecule has 0 amide bonds. The molecule has 350 valence electrons. The van der Waals surface area contributed by atoms with Gasteiger partial charge in [-0.1, -0.05) is 224 Å². The van der Waals surface area contributed by atoms with Crippen LogP contribution in [0.25, 0.3) is 55.3 Å². The highest BCUT2D eigenvalue weighted by Crippen LogP contribution is 2.66. The molecule has 0 fully saturated rings. The SMILES string of the molecule is c1ccc(-c2ccc(-c3ccc(N(c4cccc5c4-c4ccccc4C54c5ccccc5Oc5ccccc54)c4cccc5c6c(ccc45)-c4ccccc4C64c5ccccc5Oc5ccccc54)cc3)cc2)cc1. The number of benzene rings is 12. The van der Waals surface area contributed by atoms with E-state index < -0.39 is 10.8 Å². The molecule has 2 aliphatic carbocycles. The molecule has 2 heterocycles. The van der Waals surface area contributed by atoms with Crippen molar-refractivity contribution in [2.45, 2.75) is 10.8 Å². The van der Waals surface area contributed by atoms with E-state index in [1.165, 1.54) is 66.6 Å². The van der Waals surface area contributed by atoms with Crippen LogP contribution in [0.4, 0.5) is 17.1 Å². The van der Waals surface area contributed by atoms with Gasteiger partial charge in [0.2, 0.25) is 0 Å². The van der Waals surface area contributed by atoms with Crippen molar-refractivity contribution in [1.82, 2.24) is 0 Å². The molecule has 0 atom stereocenters. The summed E-state index contributed by atoms with van der Waals surface area (Å²) in [6.45, 7) is 0. The van der Waals surface area contributed by atoms with E-state index in [1.54, 1.807) is 0 Å². The van der Waals surface area contributed by atoms with E-state index in [2.05, 4.69) is 278 Å². The number of ether oxygens (including phenoxy) is 2. The Bertz CT molecular complexity index is 4220. The molecule has 3 heteroatoms. The molecule has 0 bridgehead atoms. The molecule has 3 nitrogen and oxygen atoms in total. The first kappa shape index (κ1) is 41.9. The van der Waals surface area contributed by atoms with Crippen molar-refractivity contribution in [1.29, 1.82) is 0 Å². The van der Waals surface area contributed by atoms with E-state index in [0.29, 0.717) is 0 Å². The fourth-order valence-corrected chi connectivity index (χ4v) is 13.7. The number of para-hydroxylation sites is 4. The molecule has 75 heavy (non-hydrogen) atoms. The predicted molar refractivity (Wildman–Crippen MR) is 304 cm³/mol. The molecule has 2 aliphatic heterocycles. The zero-order valence-electron chi connectivity index (χ0n) is 40.7. The summed E-state index contributed by atoms with van der Waals surface area (Å²) < 4.78 is 13.6. The lowest BCUT2D eigenvalue weighted by molar-refractivity contribution is 0.436. The summed E-state index contributed by atoms with van der Waals surface area (Å²) in [4.78, 5) is 2.53. The molecule has 0 aromatic heterocycles. The van der Waals surface area contributed by atoms with Crippen molar-refractivity contribution < 1.29 is 9.47 Å². The monoisotopic (exact) mass is 955 g/mol. The Hall–Kier alpha value is -9.70. The quantitative estimate of drug-likeness (QED) is 0.172. The highest BCUT2D eigenvalue weighted by molar-refractivity contribution is 6.09. The van der Waals surface area contributed by atoms with Crippen LogP contribution < -0.4 is 14.4 Å². The summed E-state index contributed by atoms with van der Waals surface area (Å²) in [5, 5.41) is 2.36. The van der Waals surface area contributed by atoms with Crippen LogP contribution in [0.5, 0.6) is 23.0 Å². The lowest BCUT2D eigenvalue weighted by Gasteiger charge is -2.40. The minimum atomic E-state index is -0.638. The smallest absolute Gasteiger partial charge is 0.132 e. The fourth-order valence-electron chi connectivity index (χ4n) is 13.7. The van der Waals surface area contributed by atoms with Crippen LogP contribution >= 0.6 is 0 Å². The van der Waals surface area contributed by atoms with E-state index in [1.807, 2.05) is 0 Å².